The smallest absolute Gasteiger partial charge is 0.308 e. The van der Waals surface area contributed by atoms with E-state index in [4.69, 9.17) is 29.1 Å². The lowest BCUT2D eigenvalue weighted by Crippen LogP contribution is -2.47. The summed E-state index contributed by atoms with van der Waals surface area (Å²) in [6, 6.07) is 0. The van der Waals surface area contributed by atoms with Crippen molar-refractivity contribution in [2.75, 3.05) is 6.79 Å². The summed E-state index contributed by atoms with van der Waals surface area (Å²) in [4.78, 5) is 34.3. The molecule has 2 aliphatic heterocycles. The minimum Gasteiger partial charge on any atom is -0.481 e. The normalized spacial score (nSPS) is 42.2. The van der Waals surface area contributed by atoms with Crippen LogP contribution in [-0.4, -0.2) is 42.0 Å². The first-order valence-corrected chi connectivity index (χ1v) is 9.80. The molecule has 1 aliphatic carbocycles. The topological polar surface area (TPSA) is 101 Å². The zero-order valence-corrected chi connectivity index (χ0v) is 16.2. The number of esters is 1. The van der Waals surface area contributed by atoms with Crippen LogP contribution in [0.5, 0.6) is 0 Å². The molecule has 0 amide bonds. The van der Waals surface area contributed by atoms with Gasteiger partial charge in [-0.15, -0.1) is 0 Å². The minimum atomic E-state index is -1.04. The van der Waals surface area contributed by atoms with Crippen molar-refractivity contribution in [3.05, 3.63) is 0 Å². The highest BCUT2D eigenvalue weighted by Gasteiger charge is 2.49. The van der Waals surface area contributed by atoms with Crippen LogP contribution in [0.4, 0.5) is 0 Å². The quantitative estimate of drug-likeness (QED) is 0.581. The molecule has 0 aromatic carbocycles. The SMILES string of the molecule is CC1CCC2C3OO[C@@](C)(CCC13)OCO[C@@H](OC(=O)CCC(=O)O)[C@@H]2C. The highest BCUT2D eigenvalue weighted by Crippen LogP contribution is 2.46. The first-order valence-electron chi connectivity index (χ1n) is 9.80. The molecule has 3 aliphatic rings. The average Bonchev–Trinajstić information content (AvgIpc) is 2.79. The van der Waals surface area contributed by atoms with Crippen LogP contribution in [-0.2, 0) is 33.6 Å². The fourth-order valence-electron chi connectivity index (χ4n) is 4.47. The van der Waals surface area contributed by atoms with Gasteiger partial charge in [0.1, 0.15) is 0 Å². The molecule has 7 atom stereocenters. The summed E-state index contributed by atoms with van der Waals surface area (Å²) in [6.07, 6.45) is 2.26. The fourth-order valence-corrected chi connectivity index (χ4v) is 4.47. The number of carboxylic acids is 1. The number of carboxylic acid groups (broad SMARTS) is 1. The second kappa shape index (κ2) is 8.43. The Bertz CT molecular complexity index is 552. The molecule has 0 spiro atoms. The summed E-state index contributed by atoms with van der Waals surface area (Å²) < 4.78 is 17.0. The maximum Gasteiger partial charge on any atom is 0.308 e. The lowest BCUT2D eigenvalue weighted by molar-refractivity contribution is -0.461. The maximum absolute atomic E-state index is 12.1. The van der Waals surface area contributed by atoms with Crippen molar-refractivity contribution < 1.29 is 38.7 Å². The Morgan fingerprint density at radius 1 is 1.15 bits per heavy atom. The number of hydrogen-bond donors (Lipinski definition) is 1. The van der Waals surface area contributed by atoms with E-state index in [2.05, 4.69) is 6.92 Å². The Labute approximate surface area is 159 Å². The lowest BCUT2D eigenvalue weighted by Gasteiger charge is -2.43. The first-order chi connectivity index (χ1) is 12.8. The molecule has 8 nitrogen and oxygen atoms in total. The Morgan fingerprint density at radius 2 is 1.93 bits per heavy atom. The average molecular weight is 386 g/mol. The minimum absolute atomic E-state index is 0.0985. The summed E-state index contributed by atoms with van der Waals surface area (Å²) >= 11 is 0. The van der Waals surface area contributed by atoms with Gasteiger partial charge in [0.05, 0.1) is 18.9 Å². The second-order valence-corrected chi connectivity index (χ2v) is 8.24. The first kappa shape index (κ1) is 20.5. The maximum atomic E-state index is 12.1. The Balaban J connectivity index is 1.77. The van der Waals surface area contributed by atoms with Crippen LogP contribution < -0.4 is 0 Å². The molecule has 8 heteroatoms. The summed E-state index contributed by atoms with van der Waals surface area (Å²) in [6.45, 7) is 5.94. The Hall–Kier alpha value is -1.22. The van der Waals surface area contributed by atoms with E-state index in [1.54, 1.807) is 0 Å². The van der Waals surface area contributed by atoms with Gasteiger partial charge >= 0.3 is 11.9 Å². The van der Waals surface area contributed by atoms with Gasteiger partial charge in [-0.3, -0.25) is 9.59 Å². The number of carbonyl (C=O) groups excluding carboxylic acids is 1. The van der Waals surface area contributed by atoms with Crippen LogP contribution >= 0.6 is 0 Å². The zero-order valence-electron chi connectivity index (χ0n) is 16.2. The van der Waals surface area contributed by atoms with E-state index in [0.717, 1.165) is 19.3 Å². The molecule has 0 aromatic rings. The third-order valence-electron chi connectivity index (χ3n) is 6.29. The molecule has 2 saturated heterocycles. The van der Waals surface area contributed by atoms with Crippen molar-refractivity contribution in [2.24, 2.45) is 23.7 Å². The van der Waals surface area contributed by atoms with Crippen molar-refractivity contribution in [3.63, 3.8) is 0 Å². The van der Waals surface area contributed by atoms with E-state index in [-0.39, 0.29) is 37.6 Å². The molecule has 1 saturated carbocycles. The molecular formula is C19H30O8. The summed E-state index contributed by atoms with van der Waals surface area (Å²) in [7, 11) is 0. The highest BCUT2D eigenvalue weighted by atomic mass is 17.2. The monoisotopic (exact) mass is 386 g/mol. The van der Waals surface area contributed by atoms with E-state index >= 15 is 0 Å². The van der Waals surface area contributed by atoms with Crippen LogP contribution in [0, 0.1) is 23.7 Å². The summed E-state index contributed by atoms with van der Waals surface area (Å²) in [5.74, 6) is -1.68. The summed E-state index contributed by atoms with van der Waals surface area (Å²) in [5, 5.41) is 8.75. The van der Waals surface area contributed by atoms with E-state index in [9.17, 15) is 9.59 Å². The lowest BCUT2D eigenvalue weighted by atomic mass is 9.67. The van der Waals surface area contributed by atoms with Crippen molar-refractivity contribution in [3.8, 4) is 0 Å². The molecule has 1 N–H and O–H groups in total. The predicted octanol–water partition coefficient (Wildman–Crippen LogP) is 2.85. The highest BCUT2D eigenvalue weighted by molar-refractivity contribution is 5.76. The zero-order chi connectivity index (χ0) is 19.6. The molecule has 3 fully saturated rings. The molecule has 3 rings (SSSR count). The van der Waals surface area contributed by atoms with Crippen LogP contribution in [0.2, 0.25) is 0 Å². The molecule has 2 heterocycles. The number of hydrogen-bond acceptors (Lipinski definition) is 7. The number of rotatable bonds is 4. The van der Waals surface area contributed by atoms with E-state index < -0.39 is 24.0 Å². The molecule has 0 aromatic heterocycles. The van der Waals surface area contributed by atoms with Gasteiger partial charge in [-0.2, -0.15) is 0 Å². The van der Waals surface area contributed by atoms with Gasteiger partial charge in [0, 0.05) is 12.3 Å². The van der Waals surface area contributed by atoms with Gasteiger partial charge in [-0.25, -0.2) is 9.78 Å². The van der Waals surface area contributed by atoms with Crippen LogP contribution in [0.15, 0.2) is 0 Å². The predicted molar refractivity (Wildman–Crippen MR) is 91.9 cm³/mol. The summed E-state index contributed by atoms with van der Waals surface area (Å²) in [5.41, 5.74) is 0. The van der Waals surface area contributed by atoms with Crippen molar-refractivity contribution in [2.45, 2.75) is 77.5 Å². The third kappa shape index (κ3) is 4.80. The van der Waals surface area contributed by atoms with Gasteiger partial charge in [0.25, 0.3) is 0 Å². The van der Waals surface area contributed by atoms with E-state index in [0.29, 0.717) is 18.3 Å². The number of fused-ring (bicyclic) bond motifs is 2. The van der Waals surface area contributed by atoms with Gasteiger partial charge < -0.3 is 19.3 Å². The number of aliphatic carboxylic acids is 1. The van der Waals surface area contributed by atoms with Gasteiger partial charge in [-0.05, 0) is 43.9 Å². The molecule has 0 radical (unpaired) electrons. The fraction of sp³-hybridized carbons (Fsp3) is 0.895. The number of ether oxygens (including phenoxy) is 3. The molecule has 4 unspecified atom stereocenters. The Kier molecular flexibility index (Phi) is 6.40. The number of carbonyl (C=O) groups is 2. The Morgan fingerprint density at radius 3 is 2.67 bits per heavy atom. The standard InChI is InChI=1S/C19H30O8/c1-11-4-5-14-12(2)18(25-16(22)7-6-15(20)21)23-10-24-19(3)9-8-13(11)17(14)26-27-19/h11-14,17-18H,4-10H2,1-3H3,(H,20,21)/t11?,12-,13?,14?,17?,18+,19+/m1/s1. The largest absolute Gasteiger partial charge is 0.481 e. The second-order valence-electron chi connectivity index (χ2n) is 8.24. The molecular weight excluding hydrogens is 356 g/mol. The van der Waals surface area contributed by atoms with Gasteiger partial charge in [0.2, 0.25) is 12.1 Å². The van der Waals surface area contributed by atoms with E-state index in [1.165, 1.54) is 0 Å². The molecule has 154 valence electrons. The third-order valence-corrected chi connectivity index (χ3v) is 6.29. The van der Waals surface area contributed by atoms with E-state index in [1.807, 2.05) is 13.8 Å². The van der Waals surface area contributed by atoms with Gasteiger partial charge in [0.15, 0.2) is 6.79 Å². The van der Waals surface area contributed by atoms with Crippen molar-refractivity contribution >= 4 is 11.9 Å². The van der Waals surface area contributed by atoms with Crippen LogP contribution in [0.3, 0.4) is 0 Å². The van der Waals surface area contributed by atoms with Gasteiger partial charge in [-0.1, -0.05) is 13.8 Å². The van der Waals surface area contributed by atoms with Crippen LogP contribution in [0.25, 0.3) is 0 Å². The van der Waals surface area contributed by atoms with Crippen molar-refractivity contribution in [1.82, 2.24) is 0 Å². The van der Waals surface area contributed by atoms with Crippen molar-refractivity contribution in [1.29, 1.82) is 0 Å². The molecule has 27 heavy (non-hydrogen) atoms. The molecule has 2 bridgehead atoms. The van der Waals surface area contributed by atoms with Crippen LogP contribution in [0.1, 0.15) is 59.3 Å².